The Kier molecular flexibility index (Phi) is 5.91. The van der Waals surface area contributed by atoms with Crippen molar-refractivity contribution in [3.63, 3.8) is 0 Å². The molecule has 0 unspecified atom stereocenters. The predicted octanol–water partition coefficient (Wildman–Crippen LogP) is 3.25. The summed E-state index contributed by atoms with van der Waals surface area (Å²) in [5.41, 5.74) is 0.0515. The summed E-state index contributed by atoms with van der Waals surface area (Å²) in [5, 5.41) is 21.9. The number of aromatic nitrogens is 4. The Labute approximate surface area is 151 Å². The second-order valence-corrected chi connectivity index (χ2v) is 6.93. The first kappa shape index (κ1) is 17.7. The molecule has 0 aromatic carbocycles. The standard InChI is InChI=1S/C17H23N5O2S/c1-25-17-21-20-15(22(17)12-6-2-3-7-12)10-5-11-18-14-9-4-8-13(19-14)16(23)24/h4,8-9,12H,2-3,5-7,10-11H2,1H3,(H,18,19)(H,23,24). The first-order valence-corrected chi connectivity index (χ1v) is 9.83. The molecule has 1 aliphatic carbocycles. The lowest BCUT2D eigenvalue weighted by atomic mass is 10.2. The van der Waals surface area contributed by atoms with Crippen LogP contribution in [0.3, 0.4) is 0 Å². The third-order valence-corrected chi connectivity index (χ3v) is 5.10. The molecule has 1 fully saturated rings. The van der Waals surface area contributed by atoms with Gasteiger partial charge in [-0.25, -0.2) is 9.78 Å². The van der Waals surface area contributed by atoms with Crippen LogP contribution < -0.4 is 5.32 Å². The summed E-state index contributed by atoms with van der Waals surface area (Å²) in [4.78, 5) is 15.0. The molecular formula is C17H23N5O2S. The Hall–Kier alpha value is -2.09. The van der Waals surface area contributed by atoms with E-state index in [9.17, 15) is 4.79 Å². The molecule has 134 valence electrons. The van der Waals surface area contributed by atoms with Gasteiger partial charge in [-0.1, -0.05) is 30.7 Å². The molecule has 0 amide bonds. The Morgan fingerprint density at radius 2 is 2.16 bits per heavy atom. The number of hydrogen-bond donors (Lipinski definition) is 2. The number of carboxylic acids is 1. The molecular weight excluding hydrogens is 338 g/mol. The van der Waals surface area contributed by atoms with Crippen LogP contribution in [0, 0.1) is 0 Å². The summed E-state index contributed by atoms with van der Waals surface area (Å²) in [6, 6.07) is 5.50. The predicted molar refractivity (Wildman–Crippen MR) is 97.3 cm³/mol. The van der Waals surface area contributed by atoms with E-state index in [1.807, 2.05) is 6.26 Å². The number of anilines is 1. The minimum Gasteiger partial charge on any atom is -0.477 e. The van der Waals surface area contributed by atoms with Gasteiger partial charge in [-0.3, -0.25) is 0 Å². The molecule has 2 aromatic rings. The van der Waals surface area contributed by atoms with Crippen LogP contribution in [0.1, 0.15) is 54.5 Å². The largest absolute Gasteiger partial charge is 0.477 e. The molecule has 25 heavy (non-hydrogen) atoms. The molecule has 0 saturated heterocycles. The van der Waals surface area contributed by atoms with Crippen molar-refractivity contribution in [3.8, 4) is 0 Å². The summed E-state index contributed by atoms with van der Waals surface area (Å²) in [7, 11) is 0. The number of carboxylic acid groups (broad SMARTS) is 1. The number of nitrogens with one attached hydrogen (secondary N) is 1. The zero-order chi connectivity index (χ0) is 17.6. The number of aryl methyl sites for hydroxylation is 1. The fraction of sp³-hybridized carbons (Fsp3) is 0.529. The Balaban J connectivity index is 1.56. The lowest BCUT2D eigenvalue weighted by Gasteiger charge is -2.16. The number of aromatic carboxylic acids is 1. The molecule has 0 atom stereocenters. The number of rotatable bonds is 8. The van der Waals surface area contributed by atoms with Crippen molar-refractivity contribution in [1.82, 2.24) is 19.7 Å². The fourth-order valence-corrected chi connectivity index (χ4v) is 3.84. The van der Waals surface area contributed by atoms with Gasteiger partial charge in [0, 0.05) is 19.0 Å². The average molecular weight is 361 g/mol. The van der Waals surface area contributed by atoms with E-state index in [1.165, 1.54) is 31.7 Å². The van der Waals surface area contributed by atoms with Gasteiger partial charge in [-0.15, -0.1) is 10.2 Å². The van der Waals surface area contributed by atoms with Gasteiger partial charge in [-0.05, 0) is 37.7 Å². The van der Waals surface area contributed by atoms with Crippen molar-refractivity contribution >= 4 is 23.5 Å². The number of nitrogens with zero attached hydrogens (tertiary/aromatic N) is 4. The van der Waals surface area contributed by atoms with Gasteiger partial charge in [0.2, 0.25) is 0 Å². The van der Waals surface area contributed by atoms with Gasteiger partial charge in [0.1, 0.15) is 11.6 Å². The van der Waals surface area contributed by atoms with Crippen LogP contribution in [0.4, 0.5) is 5.82 Å². The number of pyridine rings is 1. The summed E-state index contributed by atoms with van der Waals surface area (Å²) in [6.07, 6.45) is 8.76. The topological polar surface area (TPSA) is 92.9 Å². The van der Waals surface area contributed by atoms with Crippen LogP contribution in [0.5, 0.6) is 0 Å². The summed E-state index contributed by atoms with van der Waals surface area (Å²) in [5.74, 6) is 0.616. The minimum absolute atomic E-state index is 0.0515. The lowest BCUT2D eigenvalue weighted by molar-refractivity contribution is 0.0690. The van der Waals surface area contributed by atoms with Crippen LogP contribution in [0.25, 0.3) is 0 Å². The molecule has 2 heterocycles. The van der Waals surface area contributed by atoms with Crippen LogP contribution in [-0.2, 0) is 6.42 Å². The van der Waals surface area contributed by atoms with Crippen molar-refractivity contribution in [2.45, 2.75) is 49.7 Å². The van der Waals surface area contributed by atoms with Gasteiger partial charge in [0.05, 0.1) is 0 Å². The highest BCUT2D eigenvalue weighted by molar-refractivity contribution is 7.98. The molecule has 1 aliphatic rings. The maximum Gasteiger partial charge on any atom is 0.354 e. The molecule has 1 saturated carbocycles. The Morgan fingerprint density at radius 3 is 2.88 bits per heavy atom. The maximum atomic E-state index is 11.0. The van der Waals surface area contributed by atoms with Crippen LogP contribution >= 0.6 is 11.8 Å². The monoisotopic (exact) mass is 361 g/mol. The number of carbonyl (C=O) groups is 1. The van der Waals surface area contributed by atoms with Gasteiger partial charge < -0.3 is 15.0 Å². The van der Waals surface area contributed by atoms with Gasteiger partial charge in [0.15, 0.2) is 10.9 Å². The van der Waals surface area contributed by atoms with Crippen molar-refractivity contribution in [3.05, 3.63) is 29.7 Å². The molecule has 2 N–H and O–H groups in total. The third kappa shape index (κ3) is 4.31. The molecule has 0 radical (unpaired) electrons. The molecule has 0 spiro atoms. The average Bonchev–Trinajstić information content (AvgIpc) is 3.27. The lowest BCUT2D eigenvalue weighted by Crippen LogP contribution is -2.12. The molecule has 0 aliphatic heterocycles. The van der Waals surface area contributed by atoms with Crippen LogP contribution in [0.15, 0.2) is 23.4 Å². The highest BCUT2D eigenvalue weighted by Gasteiger charge is 2.23. The van der Waals surface area contributed by atoms with E-state index in [1.54, 1.807) is 23.9 Å². The van der Waals surface area contributed by atoms with E-state index in [4.69, 9.17) is 5.11 Å². The SMILES string of the molecule is CSc1nnc(CCCNc2cccc(C(=O)O)n2)n1C1CCCC1. The van der Waals surface area contributed by atoms with E-state index < -0.39 is 5.97 Å². The molecule has 8 heteroatoms. The minimum atomic E-state index is -1.02. The van der Waals surface area contributed by atoms with Gasteiger partial charge in [0.25, 0.3) is 0 Å². The molecule has 7 nitrogen and oxygen atoms in total. The van der Waals surface area contributed by atoms with Crippen molar-refractivity contribution < 1.29 is 9.90 Å². The normalized spacial score (nSPS) is 14.8. The van der Waals surface area contributed by atoms with Crippen molar-refractivity contribution in [2.75, 3.05) is 18.1 Å². The van der Waals surface area contributed by atoms with E-state index >= 15 is 0 Å². The second-order valence-electron chi connectivity index (χ2n) is 6.15. The highest BCUT2D eigenvalue weighted by Crippen LogP contribution is 2.33. The van der Waals surface area contributed by atoms with Crippen molar-refractivity contribution in [2.24, 2.45) is 0 Å². The van der Waals surface area contributed by atoms with Crippen LogP contribution in [-0.4, -0.2) is 43.6 Å². The molecule has 3 rings (SSSR count). The number of hydrogen-bond acceptors (Lipinski definition) is 6. The Morgan fingerprint density at radius 1 is 1.36 bits per heavy atom. The zero-order valence-electron chi connectivity index (χ0n) is 14.3. The highest BCUT2D eigenvalue weighted by atomic mass is 32.2. The van der Waals surface area contributed by atoms with Crippen molar-refractivity contribution in [1.29, 1.82) is 0 Å². The zero-order valence-corrected chi connectivity index (χ0v) is 15.1. The van der Waals surface area contributed by atoms with E-state index in [0.717, 1.165) is 23.8 Å². The van der Waals surface area contributed by atoms with Gasteiger partial charge in [-0.2, -0.15) is 0 Å². The second kappa shape index (κ2) is 8.33. The van der Waals surface area contributed by atoms with E-state index in [2.05, 4.69) is 25.1 Å². The third-order valence-electron chi connectivity index (χ3n) is 4.46. The quantitative estimate of drug-likeness (QED) is 0.550. The Bertz CT molecular complexity index is 728. The fourth-order valence-electron chi connectivity index (χ4n) is 3.26. The summed E-state index contributed by atoms with van der Waals surface area (Å²) in [6.45, 7) is 0.711. The van der Waals surface area contributed by atoms with Gasteiger partial charge >= 0.3 is 5.97 Å². The van der Waals surface area contributed by atoms with E-state index in [-0.39, 0.29) is 5.69 Å². The first-order chi connectivity index (χ1) is 12.2. The molecule has 0 bridgehead atoms. The summed E-state index contributed by atoms with van der Waals surface area (Å²) < 4.78 is 2.32. The van der Waals surface area contributed by atoms with E-state index in [0.29, 0.717) is 18.4 Å². The smallest absolute Gasteiger partial charge is 0.354 e. The maximum absolute atomic E-state index is 11.0. The first-order valence-electron chi connectivity index (χ1n) is 8.61. The van der Waals surface area contributed by atoms with Crippen LogP contribution in [0.2, 0.25) is 0 Å². The number of thioether (sulfide) groups is 1. The summed E-state index contributed by atoms with van der Waals surface area (Å²) >= 11 is 1.65. The molecule has 2 aromatic heterocycles.